The molecule has 2 fully saturated rings. The Hall–Kier alpha value is -0.0900. The van der Waals surface area contributed by atoms with Crippen LogP contribution in [-0.4, -0.2) is 24.5 Å². The summed E-state index contributed by atoms with van der Waals surface area (Å²) in [5.74, 6) is 0. The highest BCUT2D eigenvalue weighted by molar-refractivity contribution is 9.10. The van der Waals surface area contributed by atoms with E-state index in [4.69, 9.17) is 17.3 Å². The van der Waals surface area contributed by atoms with Crippen LogP contribution in [0.5, 0.6) is 0 Å². The maximum atomic E-state index is 6.25. The number of rotatable bonds is 3. The summed E-state index contributed by atoms with van der Waals surface area (Å²) in [7, 11) is 0. The van der Waals surface area contributed by atoms with E-state index in [9.17, 15) is 0 Å². The number of nitrogens with two attached hydrogens (primary N) is 1. The zero-order chi connectivity index (χ0) is 14.9. The number of nitrogens with zero attached hydrogens (tertiary/aromatic N) is 1. The van der Waals surface area contributed by atoms with Gasteiger partial charge in [-0.2, -0.15) is 0 Å². The van der Waals surface area contributed by atoms with Crippen molar-refractivity contribution in [2.24, 2.45) is 11.1 Å². The highest BCUT2D eigenvalue weighted by Crippen LogP contribution is 2.47. The largest absolute Gasteiger partial charge is 0.329 e. The second-order valence-electron chi connectivity index (χ2n) is 6.67. The van der Waals surface area contributed by atoms with E-state index >= 15 is 0 Å². The van der Waals surface area contributed by atoms with Gasteiger partial charge in [0, 0.05) is 17.1 Å². The molecule has 1 unspecified atom stereocenters. The first-order valence-electron chi connectivity index (χ1n) is 8.03. The van der Waals surface area contributed by atoms with Crippen LogP contribution in [0.25, 0.3) is 0 Å². The molecule has 21 heavy (non-hydrogen) atoms. The Labute approximate surface area is 141 Å². The zero-order valence-corrected chi connectivity index (χ0v) is 14.8. The van der Waals surface area contributed by atoms with E-state index in [-0.39, 0.29) is 0 Å². The SMILES string of the molecule is NCC(c1ccc(Br)c(Cl)c1)N1CCC2(CCCC2)CC1. The van der Waals surface area contributed by atoms with Gasteiger partial charge in [0.25, 0.3) is 0 Å². The molecule has 1 spiro atoms. The van der Waals surface area contributed by atoms with E-state index in [1.807, 2.05) is 6.07 Å². The summed E-state index contributed by atoms with van der Waals surface area (Å²) in [4.78, 5) is 2.56. The third-order valence-electron chi connectivity index (χ3n) is 5.52. The van der Waals surface area contributed by atoms with E-state index < -0.39 is 0 Å². The van der Waals surface area contributed by atoms with Crippen LogP contribution >= 0.6 is 27.5 Å². The van der Waals surface area contributed by atoms with Crippen LogP contribution in [0.3, 0.4) is 0 Å². The molecule has 1 aromatic rings. The van der Waals surface area contributed by atoms with Crippen LogP contribution < -0.4 is 5.73 Å². The number of likely N-dealkylation sites (tertiary alicyclic amines) is 1. The van der Waals surface area contributed by atoms with Crippen molar-refractivity contribution in [2.45, 2.75) is 44.6 Å². The molecule has 0 bridgehead atoms. The molecule has 1 aliphatic carbocycles. The standard InChI is InChI=1S/C17H24BrClN2/c18-14-4-3-13(11-15(14)19)16(12-20)21-9-7-17(8-10-21)5-1-2-6-17/h3-4,11,16H,1-2,5-10,12,20H2. The predicted molar refractivity (Wildman–Crippen MR) is 92.7 cm³/mol. The van der Waals surface area contributed by atoms with Gasteiger partial charge in [0.1, 0.15) is 0 Å². The molecule has 0 amide bonds. The fraction of sp³-hybridized carbons (Fsp3) is 0.647. The molecule has 0 aromatic heterocycles. The molecule has 0 radical (unpaired) electrons. The number of hydrogen-bond acceptors (Lipinski definition) is 2. The summed E-state index contributed by atoms with van der Waals surface area (Å²) in [5, 5.41) is 0.773. The second kappa shape index (κ2) is 6.57. The van der Waals surface area contributed by atoms with Gasteiger partial charge in [-0.3, -0.25) is 4.90 Å². The molecule has 1 aliphatic heterocycles. The van der Waals surface area contributed by atoms with Gasteiger partial charge in [-0.25, -0.2) is 0 Å². The number of piperidine rings is 1. The zero-order valence-electron chi connectivity index (χ0n) is 12.5. The Kier molecular flexibility index (Phi) is 4.94. The summed E-state index contributed by atoms with van der Waals surface area (Å²) < 4.78 is 0.951. The van der Waals surface area contributed by atoms with E-state index in [0.717, 1.165) is 9.50 Å². The maximum absolute atomic E-state index is 6.25. The molecule has 116 valence electrons. The average Bonchev–Trinajstić information content (AvgIpc) is 2.94. The lowest BCUT2D eigenvalue weighted by molar-refractivity contribution is 0.0780. The van der Waals surface area contributed by atoms with Crippen LogP contribution in [0.2, 0.25) is 5.02 Å². The third-order valence-corrected chi connectivity index (χ3v) is 6.75. The first-order chi connectivity index (χ1) is 10.1. The Morgan fingerprint density at radius 2 is 1.86 bits per heavy atom. The highest BCUT2D eigenvalue weighted by Gasteiger charge is 2.38. The molecule has 3 rings (SSSR count). The predicted octanol–water partition coefficient (Wildman–Crippen LogP) is 4.76. The monoisotopic (exact) mass is 370 g/mol. The van der Waals surface area contributed by atoms with E-state index in [1.54, 1.807) is 0 Å². The minimum atomic E-state index is 0.300. The Morgan fingerprint density at radius 1 is 1.19 bits per heavy atom. The normalized spacial score (nSPS) is 23.6. The molecule has 2 aliphatic rings. The van der Waals surface area contributed by atoms with Gasteiger partial charge in [-0.1, -0.05) is 30.5 Å². The Balaban J connectivity index is 1.70. The topological polar surface area (TPSA) is 29.3 Å². The van der Waals surface area contributed by atoms with Gasteiger partial charge in [0.2, 0.25) is 0 Å². The van der Waals surface area contributed by atoms with Gasteiger partial charge in [0.15, 0.2) is 0 Å². The van der Waals surface area contributed by atoms with E-state index in [2.05, 4.69) is 33.0 Å². The highest BCUT2D eigenvalue weighted by atomic mass is 79.9. The molecule has 2 N–H and O–H groups in total. The summed E-state index contributed by atoms with van der Waals surface area (Å²) in [6.07, 6.45) is 8.43. The van der Waals surface area contributed by atoms with Crippen molar-refractivity contribution >= 4 is 27.5 Å². The molecule has 1 aromatic carbocycles. The number of benzene rings is 1. The molecule has 4 heteroatoms. The Morgan fingerprint density at radius 3 is 2.43 bits per heavy atom. The van der Waals surface area contributed by atoms with Gasteiger partial charge < -0.3 is 5.73 Å². The first kappa shape index (κ1) is 15.8. The van der Waals surface area contributed by atoms with E-state index in [0.29, 0.717) is 18.0 Å². The lowest BCUT2D eigenvalue weighted by Crippen LogP contribution is -2.43. The third kappa shape index (κ3) is 3.31. The van der Waals surface area contributed by atoms with Crippen LogP contribution in [0.1, 0.15) is 50.1 Å². The second-order valence-corrected chi connectivity index (χ2v) is 7.93. The minimum Gasteiger partial charge on any atom is -0.329 e. The lowest BCUT2D eigenvalue weighted by Gasteiger charge is -2.42. The Bertz CT molecular complexity index is 490. The van der Waals surface area contributed by atoms with Crippen molar-refractivity contribution in [1.82, 2.24) is 4.90 Å². The summed E-state index contributed by atoms with van der Waals surface area (Å²) >= 11 is 9.71. The molecule has 1 atom stereocenters. The fourth-order valence-corrected chi connectivity index (χ4v) is 4.59. The van der Waals surface area contributed by atoms with Gasteiger partial charge in [-0.15, -0.1) is 0 Å². The van der Waals surface area contributed by atoms with Crippen molar-refractivity contribution in [3.05, 3.63) is 33.3 Å². The van der Waals surface area contributed by atoms with Crippen LogP contribution in [0.15, 0.2) is 22.7 Å². The number of halogens is 2. The summed E-state index contributed by atoms with van der Waals surface area (Å²) in [6.45, 7) is 3.01. The van der Waals surface area contributed by atoms with Crippen LogP contribution in [0, 0.1) is 5.41 Å². The van der Waals surface area contributed by atoms with E-state index in [1.165, 1.54) is 57.2 Å². The fourth-order valence-electron chi connectivity index (χ4n) is 4.15. The molecular weight excluding hydrogens is 348 g/mol. The van der Waals surface area contributed by atoms with Crippen LogP contribution in [0.4, 0.5) is 0 Å². The molecule has 1 saturated heterocycles. The van der Waals surface area contributed by atoms with Crippen molar-refractivity contribution in [1.29, 1.82) is 0 Å². The summed E-state index contributed by atoms with van der Waals surface area (Å²) in [5.41, 5.74) is 7.98. The van der Waals surface area contributed by atoms with Crippen molar-refractivity contribution in [3.8, 4) is 0 Å². The van der Waals surface area contributed by atoms with Crippen molar-refractivity contribution < 1.29 is 0 Å². The molecule has 1 saturated carbocycles. The average molecular weight is 372 g/mol. The van der Waals surface area contributed by atoms with Crippen molar-refractivity contribution in [3.63, 3.8) is 0 Å². The van der Waals surface area contributed by atoms with Gasteiger partial charge in [0.05, 0.1) is 5.02 Å². The lowest BCUT2D eigenvalue weighted by atomic mass is 9.76. The quantitative estimate of drug-likeness (QED) is 0.830. The number of hydrogen-bond donors (Lipinski definition) is 1. The van der Waals surface area contributed by atoms with Gasteiger partial charge in [-0.05, 0) is 77.8 Å². The maximum Gasteiger partial charge on any atom is 0.0551 e. The molecule has 2 nitrogen and oxygen atoms in total. The summed E-state index contributed by atoms with van der Waals surface area (Å²) in [6, 6.07) is 6.54. The molecule has 1 heterocycles. The minimum absolute atomic E-state index is 0.300. The van der Waals surface area contributed by atoms with Gasteiger partial charge >= 0.3 is 0 Å². The molecular formula is C17H24BrClN2. The first-order valence-corrected chi connectivity index (χ1v) is 9.20. The van der Waals surface area contributed by atoms with Crippen molar-refractivity contribution in [2.75, 3.05) is 19.6 Å². The van der Waals surface area contributed by atoms with Crippen LogP contribution in [-0.2, 0) is 0 Å². The smallest absolute Gasteiger partial charge is 0.0551 e.